The molecule has 3 rings (SSSR count). The molecule has 2 aliphatic rings. The topological polar surface area (TPSA) is 33.7 Å². The zero-order valence-corrected chi connectivity index (χ0v) is 12.3. The molecule has 0 bridgehead atoms. The van der Waals surface area contributed by atoms with E-state index in [0.29, 0.717) is 0 Å². The third-order valence-corrected chi connectivity index (χ3v) is 4.43. The fourth-order valence-electron chi connectivity index (χ4n) is 2.56. The Morgan fingerprint density at radius 2 is 1.79 bits per heavy atom. The average Bonchev–Trinajstić information content (AvgIpc) is 2.75. The molecule has 0 saturated carbocycles. The van der Waals surface area contributed by atoms with Crippen molar-refractivity contribution in [1.82, 2.24) is 5.01 Å². The van der Waals surface area contributed by atoms with Crippen LogP contribution < -0.4 is 10.9 Å². The Kier molecular flexibility index (Phi) is 2.72. The molecule has 19 heavy (non-hydrogen) atoms. The molecule has 0 atom stereocenters. The molecule has 4 nitrogen and oxygen atoms in total. The second kappa shape index (κ2) is 3.98. The molecule has 0 aromatic heterocycles. The van der Waals surface area contributed by atoms with Crippen LogP contribution in [0.5, 0.6) is 0 Å². The van der Waals surface area contributed by atoms with E-state index in [1.807, 2.05) is 13.1 Å². The summed E-state index contributed by atoms with van der Waals surface area (Å²) in [6.07, 6.45) is 0. The summed E-state index contributed by atoms with van der Waals surface area (Å²) < 4.78 is 12.3. The second-order valence-corrected chi connectivity index (χ2v) is 6.43. The highest BCUT2D eigenvalue weighted by Gasteiger charge is 2.52. The van der Waals surface area contributed by atoms with Gasteiger partial charge in [-0.2, -0.15) is 0 Å². The molecule has 1 aromatic carbocycles. The molecule has 102 valence electrons. The maximum absolute atomic E-state index is 6.14. The standard InChI is InChI=1S/C14H21BN2O2/c1-13(2)14(3,4)19-15(18-13)11-7-6-8-12-10(11)9-17(5)16-12/h6-8,16H,9H2,1-5H3. The minimum Gasteiger partial charge on any atom is -0.399 e. The molecule has 2 aliphatic heterocycles. The summed E-state index contributed by atoms with van der Waals surface area (Å²) >= 11 is 0. The molecule has 0 amide bonds. The van der Waals surface area contributed by atoms with Gasteiger partial charge in [-0.25, -0.2) is 5.01 Å². The Morgan fingerprint density at radius 3 is 2.42 bits per heavy atom. The van der Waals surface area contributed by atoms with Crippen molar-refractivity contribution in [2.45, 2.75) is 45.4 Å². The third-order valence-electron chi connectivity index (χ3n) is 4.43. The number of benzene rings is 1. The number of nitrogens with zero attached hydrogens (tertiary/aromatic N) is 1. The van der Waals surface area contributed by atoms with Crippen LogP contribution in [0.15, 0.2) is 18.2 Å². The van der Waals surface area contributed by atoms with Crippen LogP contribution in [0.4, 0.5) is 5.69 Å². The molecule has 0 aliphatic carbocycles. The number of anilines is 1. The highest BCUT2D eigenvalue weighted by atomic mass is 16.7. The Morgan fingerprint density at radius 1 is 1.16 bits per heavy atom. The molecule has 5 heteroatoms. The van der Waals surface area contributed by atoms with Crippen LogP contribution in [0, 0.1) is 0 Å². The van der Waals surface area contributed by atoms with Crippen molar-refractivity contribution in [1.29, 1.82) is 0 Å². The van der Waals surface area contributed by atoms with Gasteiger partial charge in [-0.15, -0.1) is 0 Å². The maximum atomic E-state index is 6.14. The van der Waals surface area contributed by atoms with Gasteiger partial charge in [-0.05, 0) is 44.8 Å². The van der Waals surface area contributed by atoms with Gasteiger partial charge < -0.3 is 14.7 Å². The Hall–Kier alpha value is -1.04. The molecule has 0 radical (unpaired) electrons. The van der Waals surface area contributed by atoms with E-state index < -0.39 is 0 Å². The smallest absolute Gasteiger partial charge is 0.399 e. The number of hydrogen-bond donors (Lipinski definition) is 1. The van der Waals surface area contributed by atoms with Crippen LogP contribution in [0.1, 0.15) is 33.3 Å². The number of fused-ring (bicyclic) bond motifs is 1. The van der Waals surface area contributed by atoms with Crippen molar-refractivity contribution >= 4 is 18.3 Å². The summed E-state index contributed by atoms with van der Waals surface area (Å²) in [6, 6.07) is 6.24. The van der Waals surface area contributed by atoms with Crippen molar-refractivity contribution in [2.24, 2.45) is 0 Å². The Labute approximate surface area is 115 Å². The SMILES string of the molecule is CN1Cc2c(cccc2B2OC(C)(C)C(C)(C)O2)N1. The van der Waals surface area contributed by atoms with Crippen molar-refractivity contribution in [3.05, 3.63) is 23.8 Å². The van der Waals surface area contributed by atoms with Crippen LogP contribution in [-0.2, 0) is 15.9 Å². The van der Waals surface area contributed by atoms with E-state index in [2.05, 4.69) is 50.3 Å². The normalized spacial score (nSPS) is 24.4. The van der Waals surface area contributed by atoms with Crippen molar-refractivity contribution in [2.75, 3.05) is 12.5 Å². The first-order chi connectivity index (χ1) is 8.80. The van der Waals surface area contributed by atoms with Gasteiger partial charge >= 0.3 is 7.12 Å². The van der Waals surface area contributed by atoms with Crippen LogP contribution in [0.25, 0.3) is 0 Å². The lowest BCUT2D eigenvalue weighted by Crippen LogP contribution is -2.41. The first kappa shape index (κ1) is 13.0. The summed E-state index contributed by atoms with van der Waals surface area (Å²) in [4.78, 5) is 0. The van der Waals surface area contributed by atoms with Gasteiger partial charge in [0.2, 0.25) is 0 Å². The van der Waals surface area contributed by atoms with Gasteiger partial charge in [0.15, 0.2) is 0 Å². The van der Waals surface area contributed by atoms with Gasteiger partial charge in [0, 0.05) is 13.6 Å². The minimum atomic E-state index is -0.293. The molecular weight excluding hydrogens is 239 g/mol. The zero-order valence-electron chi connectivity index (χ0n) is 12.3. The largest absolute Gasteiger partial charge is 0.495 e. The summed E-state index contributed by atoms with van der Waals surface area (Å²) in [5.74, 6) is 0. The van der Waals surface area contributed by atoms with Crippen LogP contribution in [-0.4, -0.2) is 30.4 Å². The highest BCUT2D eigenvalue weighted by molar-refractivity contribution is 6.62. The third kappa shape index (κ3) is 1.97. The number of hydrogen-bond acceptors (Lipinski definition) is 4. The lowest BCUT2D eigenvalue weighted by Gasteiger charge is -2.32. The van der Waals surface area contributed by atoms with E-state index in [-0.39, 0.29) is 18.3 Å². The highest BCUT2D eigenvalue weighted by Crippen LogP contribution is 2.37. The molecule has 1 fully saturated rings. The summed E-state index contributed by atoms with van der Waals surface area (Å²) in [7, 11) is 1.75. The maximum Gasteiger partial charge on any atom is 0.495 e. The van der Waals surface area contributed by atoms with Crippen molar-refractivity contribution in [3.8, 4) is 0 Å². The van der Waals surface area contributed by atoms with E-state index in [0.717, 1.165) is 17.7 Å². The van der Waals surface area contributed by atoms with Gasteiger partial charge in [0.25, 0.3) is 0 Å². The van der Waals surface area contributed by atoms with Crippen LogP contribution in [0.2, 0.25) is 0 Å². The predicted octanol–water partition coefficient (Wildman–Crippen LogP) is 1.76. The molecular formula is C14H21BN2O2. The quantitative estimate of drug-likeness (QED) is 0.780. The van der Waals surface area contributed by atoms with E-state index in [9.17, 15) is 0 Å². The lowest BCUT2D eigenvalue weighted by atomic mass is 9.75. The minimum absolute atomic E-state index is 0.284. The molecule has 1 aromatic rings. The van der Waals surface area contributed by atoms with E-state index >= 15 is 0 Å². The van der Waals surface area contributed by atoms with Gasteiger partial charge in [0.05, 0.1) is 16.9 Å². The fourth-order valence-corrected chi connectivity index (χ4v) is 2.56. The van der Waals surface area contributed by atoms with E-state index in [1.165, 1.54) is 5.56 Å². The number of hydrazine groups is 1. The van der Waals surface area contributed by atoms with E-state index in [4.69, 9.17) is 9.31 Å². The van der Waals surface area contributed by atoms with Gasteiger partial charge in [-0.1, -0.05) is 12.1 Å². The summed E-state index contributed by atoms with van der Waals surface area (Å²) in [6.45, 7) is 9.21. The number of nitrogens with one attached hydrogen (secondary N) is 1. The summed E-state index contributed by atoms with van der Waals surface area (Å²) in [5.41, 5.74) is 6.29. The van der Waals surface area contributed by atoms with E-state index in [1.54, 1.807) is 0 Å². The van der Waals surface area contributed by atoms with Gasteiger partial charge in [-0.3, -0.25) is 0 Å². The lowest BCUT2D eigenvalue weighted by molar-refractivity contribution is 0.00578. The Bertz CT molecular complexity index is 500. The van der Waals surface area contributed by atoms with Gasteiger partial charge in [0.1, 0.15) is 0 Å². The molecule has 2 heterocycles. The molecule has 1 N–H and O–H groups in total. The fraction of sp³-hybridized carbons (Fsp3) is 0.571. The summed E-state index contributed by atoms with van der Waals surface area (Å²) in [5, 5.41) is 2.07. The van der Waals surface area contributed by atoms with Crippen LogP contribution in [0.3, 0.4) is 0 Å². The number of rotatable bonds is 1. The second-order valence-electron chi connectivity index (χ2n) is 6.43. The van der Waals surface area contributed by atoms with Crippen molar-refractivity contribution in [3.63, 3.8) is 0 Å². The van der Waals surface area contributed by atoms with Crippen molar-refractivity contribution < 1.29 is 9.31 Å². The Balaban J connectivity index is 1.96. The van der Waals surface area contributed by atoms with Crippen LogP contribution >= 0.6 is 0 Å². The zero-order chi connectivity index (χ0) is 13.8. The molecule has 0 spiro atoms. The first-order valence-electron chi connectivity index (χ1n) is 6.75. The average molecular weight is 260 g/mol. The first-order valence-corrected chi connectivity index (χ1v) is 6.75. The monoisotopic (exact) mass is 260 g/mol. The predicted molar refractivity (Wildman–Crippen MR) is 77.2 cm³/mol. The molecule has 0 unspecified atom stereocenters. The molecule has 1 saturated heterocycles.